The van der Waals surface area contributed by atoms with Crippen LogP contribution in [0.3, 0.4) is 0 Å². The lowest BCUT2D eigenvalue weighted by atomic mass is 10.1. The van der Waals surface area contributed by atoms with Gasteiger partial charge in [0.05, 0.1) is 19.8 Å². The number of methoxy groups -OCH3 is 1. The molecule has 0 saturated carbocycles. The predicted molar refractivity (Wildman–Crippen MR) is 124 cm³/mol. The standard InChI is InChI=1S/C21H30N4O2.HI/c1-4-22-21(25-16-19-12-8-13-23-20(19)26-3)24-14-9-15-27-17(2)18-10-6-5-7-11-18;/h5-8,10-13,17H,4,9,14-16H2,1-3H3,(H2,22,24,25);1H. The number of benzene rings is 1. The number of nitrogens with zero attached hydrogens (tertiary/aromatic N) is 2. The lowest BCUT2D eigenvalue weighted by molar-refractivity contribution is 0.0646. The van der Waals surface area contributed by atoms with Crippen LogP contribution in [0.5, 0.6) is 5.88 Å². The van der Waals surface area contributed by atoms with Crippen molar-refractivity contribution < 1.29 is 9.47 Å². The Morgan fingerprint density at radius 1 is 1.14 bits per heavy atom. The summed E-state index contributed by atoms with van der Waals surface area (Å²) in [5.41, 5.74) is 2.16. The molecule has 2 N–H and O–H groups in total. The molecule has 1 heterocycles. The maximum absolute atomic E-state index is 5.90. The fraction of sp³-hybridized carbons (Fsp3) is 0.429. The SMILES string of the molecule is CCNC(=NCc1cccnc1OC)NCCCOC(C)c1ccccc1.I. The van der Waals surface area contributed by atoms with Crippen LogP contribution < -0.4 is 15.4 Å². The quantitative estimate of drug-likeness (QED) is 0.225. The molecule has 1 atom stereocenters. The van der Waals surface area contributed by atoms with Crippen molar-refractivity contribution >= 4 is 29.9 Å². The van der Waals surface area contributed by atoms with Gasteiger partial charge in [0.1, 0.15) is 0 Å². The zero-order valence-electron chi connectivity index (χ0n) is 16.9. The number of hydrogen-bond acceptors (Lipinski definition) is 4. The van der Waals surface area contributed by atoms with Crippen LogP contribution >= 0.6 is 24.0 Å². The van der Waals surface area contributed by atoms with Gasteiger partial charge >= 0.3 is 0 Å². The average Bonchev–Trinajstić information content (AvgIpc) is 2.72. The Morgan fingerprint density at radius 2 is 1.93 bits per heavy atom. The minimum atomic E-state index is 0. The fourth-order valence-corrected chi connectivity index (χ4v) is 2.59. The first-order valence-corrected chi connectivity index (χ1v) is 9.41. The Bertz CT molecular complexity index is 698. The first-order chi connectivity index (χ1) is 13.2. The van der Waals surface area contributed by atoms with Gasteiger partial charge in [-0.05, 0) is 31.9 Å². The highest BCUT2D eigenvalue weighted by atomic mass is 127. The number of rotatable bonds is 10. The molecule has 2 aromatic rings. The summed E-state index contributed by atoms with van der Waals surface area (Å²) in [6.45, 7) is 6.92. The van der Waals surface area contributed by atoms with E-state index >= 15 is 0 Å². The van der Waals surface area contributed by atoms with E-state index in [4.69, 9.17) is 9.47 Å². The number of ether oxygens (including phenoxy) is 2. The third-order valence-electron chi connectivity index (χ3n) is 4.05. The van der Waals surface area contributed by atoms with Crippen LogP contribution in [-0.2, 0) is 11.3 Å². The smallest absolute Gasteiger partial charge is 0.218 e. The van der Waals surface area contributed by atoms with Gasteiger partial charge in [-0.25, -0.2) is 9.98 Å². The molecular weight excluding hydrogens is 467 g/mol. The number of aliphatic imine (C=N–C) groups is 1. The van der Waals surface area contributed by atoms with Crippen molar-refractivity contribution in [2.45, 2.75) is 32.9 Å². The van der Waals surface area contributed by atoms with Gasteiger partial charge in [-0.1, -0.05) is 36.4 Å². The van der Waals surface area contributed by atoms with Crippen molar-refractivity contribution in [2.75, 3.05) is 26.8 Å². The molecule has 1 aromatic heterocycles. The number of pyridine rings is 1. The van der Waals surface area contributed by atoms with Crippen LogP contribution in [-0.4, -0.2) is 37.7 Å². The van der Waals surface area contributed by atoms with Crippen molar-refractivity contribution in [3.05, 3.63) is 59.8 Å². The van der Waals surface area contributed by atoms with E-state index in [1.807, 2.05) is 37.3 Å². The number of aromatic nitrogens is 1. The zero-order valence-corrected chi connectivity index (χ0v) is 19.2. The number of halogens is 1. The van der Waals surface area contributed by atoms with Crippen molar-refractivity contribution in [3.63, 3.8) is 0 Å². The van der Waals surface area contributed by atoms with E-state index < -0.39 is 0 Å². The van der Waals surface area contributed by atoms with E-state index in [2.05, 4.69) is 39.7 Å². The van der Waals surface area contributed by atoms with Crippen LogP contribution in [0.1, 0.15) is 37.5 Å². The molecule has 2 rings (SSSR count). The van der Waals surface area contributed by atoms with Crippen LogP contribution in [0.15, 0.2) is 53.7 Å². The van der Waals surface area contributed by atoms with Crippen LogP contribution in [0.25, 0.3) is 0 Å². The van der Waals surface area contributed by atoms with Gasteiger partial charge in [0.2, 0.25) is 5.88 Å². The molecule has 28 heavy (non-hydrogen) atoms. The third-order valence-corrected chi connectivity index (χ3v) is 4.05. The van der Waals surface area contributed by atoms with E-state index in [-0.39, 0.29) is 30.1 Å². The first kappa shape index (κ1) is 24.2. The molecule has 0 aliphatic heterocycles. The van der Waals surface area contributed by atoms with E-state index in [1.54, 1.807) is 13.3 Å². The Balaban J connectivity index is 0.00000392. The van der Waals surface area contributed by atoms with Crippen LogP contribution in [0, 0.1) is 0 Å². The number of guanidine groups is 1. The summed E-state index contributed by atoms with van der Waals surface area (Å²) in [5.74, 6) is 1.39. The van der Waals surface area contributed by atoms with Crippen molar-refractivity contribution in [2.24, 2.45) is 4.99 Å². The zero-order chi connectivity index (χ0) is 19.3. The molecule has 0 bridgehead atoms. The molecular formula is C21H31IN4O2. The molecule has 0 fully saturated rings. The summed E-state index contributed by atoms with van der Waals surface area (Å²) >= 11 is 0. The maximum atomic E-state index is 5.90. The van der Waals surface area contributed by atoms with E-state index in [9.17, 15) is 0 Å². The second-order valence-electron chi connectivity index (χ2n) is 6.07. The lowest BCUT2D eigenvalue weighted by Crippen LogP contribution is -2.38. The summed E-state index contributed by atoms with van der Waals surface area (Å²) in [7, 11) is 1.62. The minimum absolute atomic E-state index is 0. The normalized spacial score (nSPS) is 12.0. The Morgan fingerprint density at radius 3 is 2.64 bits per heavy atom. The largest absolute Gasteiger partial charge is 0.481 e. The number of hydrogen-bond donors (Lipinski definition) is 2. The van der Waals surface area contributed by atoms with Crippen molar-refractivity contribution in [1.82, 2.24) is 15.6 Å². The van der Waals surface area contributed by atoms with Gasteiger partial charge in [0, 0.05) is 31.5 Å². The van der Waals surface area contributed by atoms with Crippen LogP contribution in [0.2, 0.25) is 0 Å². The Hall–Kier alpha value is -1.87. The van der Waals surface area contributed by atoms with Gasteiger partial charge in [0.25, 0.3) is 0 Å². The van der Waals surface area contributed by atoms with E-state index in [1.165, 1.54) is 5.56 Å². The summed E-state index contributed by atoms with van der Waals surface area (Å²) in [4.78, 5) is 8.81. The van der Waals surface area contributed by atoms with E-state index in [0.717, 1.165) is 31.0 Å². The number of nitrogens with one attached hydrogen (secondary N) is 2. The Kier molecular flexibility index (Phi) is 12.2. The van der Waals surface area contributed by atoms with Gasteiger partial charge in [-0.2, -0.15) is 0 Å². The summed E-state index contributed by atoms with van der Waals surface area (Å²) in [5, 5.41) is 6.59. The highest BCUT2D eigenvalue weighted by Crippen LogP contribution is 2.16. The minimum Gasteiger partial charge on any atom is -0.481 e. The van der Waals surface area contributed by atoms with E-state index in [0.29, 0.717) is 19.0 Å². The topological polar surface area (TPSA) is 67.8 Å². The molecule has 0 aliphatic rings. The molecule has 0 amide bonds. The molecule has 0 aliphatic carbocycles. The first-order valence-electron chi connectivity index (χ1n) is 9.41. The molecule has 0 spiro atoms. The fourth-order valence-electron chi connectivity index (χ4n) is 2.59. The Labute approximate surface area is 185 Å². The molecule has 6 nitrogen and oxygen atoms in total. The predicted octanol–water partition coefficient (Wildman–Crippen LogP) is 3.93. The highest BCUT2D eigenvalue weighted by Gasteiger charge is 2.05. The summed E-state index contributed by atoms with van der Waals surface area (Å²) in [6.07, 6.45) is 2.72. The van der Waals surface area contributed by atoms with Crippen LogP contribution in [0.4, 0.5) is 0 Å². The van der Waals surface area contributed by atoms with Gasteiger partial charge in [-0.3, -0.25) is 0 Å². The molecule has 1 unspecified atom stereocenters. The third kappa shape index (κ3) is 8.43. The van der Waals surface area contributed by atoms with Gasteiger partial charge < -0.3 is 20.1 Å². The second kappa shape index (κ2) is 14.2. The summed E-state index contributed by atoms with van der Waals surface area (Å²) < 4.78 is 11.2. The maximum Gasteiger partial charge on any atom is 0.218 e. The van der Waals surface area contributed by atoms with Crippen molar-refractivity contribution in [1.29, 1.82) is 0 Å². The van der Waals surface area contributed by atoms with Gasteiger partial charge in [-0.15, -0.1) is 24.0 Å². The van der Waals surface area contributed by atoms with Gasteiger partial charge in [0.15, 0.2) is 5.96 Å². The lowest BCUT2D eigenvalue weighted by Gasteiger charge is -2.15. The molecule has 0 saturated heterocycles. The highest BCUT2D eigenvalue weighted by molar-refractivity contribution is 14.0. The molecule has 1 aromatic carbocycles. The monoisotopic (exact) mass is 498 g/mol. The average molecular weight is 498 g/mol. The summed E-state index contributed by atoms with van der Waals surface area (Å²) in [6, 6.07) is 14.1. The molecule has 7 heteroatoms. The van der Waals surface area contributed by atoms with Crippen molar-refractivity contribution in [3.8, 4) is 5.88 Å². The molecule has 154 valence electrons. The molecule has 0 radical (unpaired) electrons. The second-order valence-corrected chi connectivity index (χ2v) is 6.07.